The van der Waals surface area contributed by atoms with Crippen molar-refractivity contribution in [2.45, 2.75) is 33.2 Å². The molecule has 26 heavy (non-hydrogen) atoms. The second-order valence-corrected chi connectivity index (χ2v) is 5.92. The predicted octanol–water partition coefficient (Wildman–Crippen LogP) is 2.84. The third-order valence-electron chi connectivity index (χ3n) is 3.82. The average Bonchev–Trinajstić information content (AvgIpc) is 2.63. The second-order valence-electron chi connectivity index (χ2n) is 5.92. The first-order chi connectivity index (χ1) is 12.5. The van der Waals surface area contributed by atoms with Gasteiger partial charge in [-0.2, -0.15) is 0 Å². The lowest BCUT2D eigenvalue weighted by molar-refractivity contribution is 0.102. The van der Waals surface area contributed by atoms with Crippen molar-refractivity contribution >= 4 is 18.1 Å². The summed E-state index contributed by atoms with van der Waals surface area (Å²) < 4.78 is 5.88. The second kappa shape index (κ2) is 7.77. The molecule has 0 saturated carbocycles. The van der Waals surface area contributed by atoms with Crippen LogP contribution in [0.4, 0.5) is 5.82 Å². The summed E-state index contributed by atoms with van der Waals surface area (Å²) in [6.07, 6.45) is 4.16. The molecule has 7 heteroatoms. The van der Waals surface area contributed by atoms with Crippen LogP contribution in [0.3, 0.4) is 0 Å². The number of carbonyl (C=O) groups is 1. The first-order valence-corrected chi connectivity index (χ1v) is 8.46. The molecule has 2 N–H and O–H groups in total. The van der Waals surface area contributed by atoms with E-state index in [-0.39, 0.29) is 17.6 Å². The van der Waals surface area contributed by atoms with Gasteiger partial charge in [0.1, 0.15) is 29.1 Å². The van der Waals surface area contributed by atoms with Crippen LogP contribution in [-0.4, -0.2) is 28.3 Å². The highest BCUT2D eigenvalue weighted by Crippen LogP contribution is 2.20. The van der Waals surface area contributed by atoms with E-state index in [2.05, 4.69) is 25.6 Å². The zero-order chi connectivity index (χ0) is 18.5. The summed E-state index contributed by atoms with van der Waals surface area (Å²) in [5, 5.41) is 5.68. The summed E-state index contributed by atoms with van der Waals surface area (Å²) in [4.78, 5) is 25.5. The molecule has 1 unspecified atom stereocenters. The highest BCUT2D eigenvalue weighted by Gasteiger charge is 2.15. The summed E-state index contributed by atoms with van der Waals surface area (Å²) in [6, 6.07) is 8.83. The van der Waals surface area contributed by atoms with Crippen molar-refractivity contribution in [1.82, 2.24) is 15.3 Å². The molecule has 0 bridgehead atoms. The molecule has 0 spiro atoms. The van der Waals surface area contributed by atoms with Crippen LogP contribution in [0.5, 0.6) is 5.75 Å². The van der Waals surface area contributed by atoms with Crippen LogP contribution in [0, 0.1) is 6.92 Å². The molecule has 1 atom stereocenters. The number of nitrogens with one attached hydrogen (secondary N) is 2. The number of carbonyl (C=O) groups excluding carboxylic acids is 1. The minimum absolute atomic E-state index is 0.0945. The summed E-state index contributed by atoms with van der Waals surface area (Å²) in [5.74, 6) is 1.38. The number of rotatable bonds is 5. The van der Waals surface area contributed by atoms with Gasteiger partial charge in [-0.25, -0.2) is 9.97 Å². The monoisotopic (exact) mass is 351 g/mol. The smallest absolute Gasteiger partial charge is 0.275 e. The van der Waals surface area contributed by atoms with Crippen LogP contribution >= 0.6 is 0 Å². The Morgan fingerprint density at radius 1 is 1.31 bits per heavy atom. The number of aryl methyl sites for hydroxylation is 2. The molecule has 0 saturated heterocycles. The third kappa shape index (κ3) is 4.24. The number of ether oxygens (including phenoxy) is 1. The van der Waals surface area contributed by atoms with Crippen molar-refractivity contribution < 1.29 is 9.53 Å². The Kier molecular flexibility index (Phi) is 5.26. The van der Waals surface area contributed by atoms with Gasteiger partial charge in [0.25, 0.3) is 5.91 Å². The van der Waals surface area contributed by atoms with E-state index in [1.807, 2.05) is 32.9 Å². The Hall–Kier alpha value is -3.22. The molecule has 0 aromatic carbocycles. The number of pyridine rings is 2. The van der Waals surface area contributed by atoms with Gasteiger partial charge in [0, 0.05) is 29.7 Å². The Morgan fingerprint density at radius 2 is 2.15 bits per heavy atom. The average molecular weight is 351 g/mol. The molecular weight excluding hydrogens is 330 g/mol. The van der Waals surface area contributed by atoms with Gasteiger partial charge >= 0.3 is 0 Å². The Bertz CT molecular complexity index is 876. The molecule has 0 fully saturated rings. The van der Waals surface area contributed by atoms with E-state index in [4.69, 9.17) is 4.74 Å². The largest absolute Gasteiger partial charge is 0.458 e. The zero-order valence-electron chi connectivity index (χ0n) is 15.0. The standard InChI is InChI=1S/C19H21N5O2/c1-4-14-6-5-7-18(23-14)24-19(25)16-9-15(8-12(2)22-16)26-17-10-20-11-21-13(17)3/h5-11,13H,4H2,1-3H3,(H,20,21)(H,23,24,25). The molecule has 2 aromatic heterocycles. The lowest BCUT2D eigenvalue weighted by Crippen LogP contribution is -2.21. The lowest BCUT2D eigenvalue weighted by atomic mass is 10.2. The highest BCUT2D eigenvalue weighted by atomic mass is 16.5. The van der Waals surface area contributed by atoms with Crippen LogP contribution in [0.25, 0.3) is 0 Å². The minimum atomic E-state index is -0.332. The van der Waals surface area contributed by atoms with Crippen molar-refractivity contribution in [2.75, 3.05) is 5.32 Å². The summed E-state index contributed by atoms with van der Waals surface area (Å²) >= 11 is 0. The highest BCUT2D eigenvalue weighted by molar-refractivity contribution is 6.02. The molecule has 2 aromatic rings. The van der Waals surface area contributed by atoms with Crippen LogP contribution in [0.1, 0.15) is 35.7 Å². The molecule has 134 valence electrons. The van der Waals surface area contributed by atoms with Gasteiger partial charge in [-0.1, -0.05) is 13.0 Å². The third-order valence-corrected chi connectivity index (χ3v) is 3.82. The number of hydrogen-bond acceptors (Lipinski definition) is 6. The maximum atomic E-state index is 12.6. The van der Waals surface area contributed by atoms with Crippen LogP contribution < -0.4 is 15.4 Å². The van der Waals surface area contributed by atoms with Crippen molar-refractivity contribution in [3.63, 3.8) is 0 Å². The summed E-state index contributed by atoms with van der Waals surface area (Å²) in [5.41, 5.74) is 1.86. The molecule has 1 aliphatic heterocycles. The Balaban J connectivity index is 1.78. The van der Waals surface area contributed by atoms with Crippen molar-refractivity contribution in [3.8, 4) is 5.75 Å². The molecule has 3 rings (SSSR count). The van der Waals surface area contributed by atoms with E-state index in [0.29, 0.717) is 23.0 Å². The summed E-state index contributed by atoms with van der Waals surface area (Å²) in [6.45, 7) is 5.76. The fourth-order valence-corrected chi connectivity index (χ4v) is 2.46. The number of aliphatic imine (C=N–C) groups is 1. The molecule has 3 heterocycles. The topological polar surface area (TPSA) is 88.5 Å². The van der Waals surface area contributed by atoms with E-state index in [1.54, 1.807) is 30.7 Å². The fourth-order valence-electron chi connectivity index (χ4n) is 2.46. The van der Waals surface area contributed by atoms with E-state index in [1.165, 1.54) is 0 Å². The van der Waals surface area contributed by atoms with E-state index >= 15 is 0 Å². The predicted molar refractivity (Wildman–Crippen MR) is 100 cm³/mol. The molecule has 7 nitrogen and oxygen atoms in total. The SMILES string of the molecule is CCc1cccc(NC(=O)c2cc(OC3=CNC=NC3C)cc(C)n2)n1. The first-order valence-electron chi connectivity index (χ1n) is 8.46. The summed E-state index contributed by atoms with van der Waals surface area (Å²) in [7, 11) is 0. The van der Waals surface area contributed by atoms with Gasteiger partial charge in [-0.3, -0.25) is 9.79 Å². The molecule has 1 aliphatic rings. The van der Waals surface area contributed by atoms with Gasteiger partial charge in [-0.05, 0) is 32.4 Å². The maximum Gasteiger partial charge on any atom is 0.275 e. The van der Waals surface area contributed by atoms with Gasteiger partial charge in [0.15, 0.2) is 0 Å². The van der Waals surface area contributed by atoms with E-state index < -0.39 is 0 Å². The van der Waals surface area contributed by atoms with Crippen LogP contribution in [0.15, 0.2) is 47.3 Å². The zero-order valence-corrected chi connectivity index (χ0v) is 15.0. The lowest BCUT2D eigenvalue weighted by Gasteiger charge is -2.17. The molecule has 0 aliphatic carbocycles. The van der Waals surface area contributed by atoms with Gasteiger partial charge in [0.2, 0.25) is 0 Å². The van der Waals surface area contributed by atoms with E-state index in [0.717, 1.165) is 12.1 Å². The van der Waals surface area contributed by atoms with Gasteiger partial charge < -0.3 is 15.4 Å². The molecular formula is C19H21N5O2. The normalized spacial score (nSPS) is 15.8. The molecule has 1 amide bonds. The van der Waals surface area contributed by atoms with Crippen molar-refractivity contribution in [3.05, 3.63) is 59.4 Å². The quantitative estimate of drug-likeness (QED) is 0.865. The van der Waals surface area contributed by atoms with Gasteiger partial charge in [0.05, 0.1) is 6.34 Å². The Labute approximate surface area is 152 Å². The maximum absolute atomic E-state index is 12.6. The van der Waals surface area contributed by atoms with Crippen molar-refractivity contribution in [2.24, 2.45) is 4.99 Å². The van der Waals surface area contributed by atoms with Crippen LogP contribution in [-0.2, 0) is 6.42 Å². The molecule has 0 radical (unpaired) electrons. The Morgan fingerprint density at radius 3 is 2.92 bits per heavy atom. The van der Waals surface area contributed by atoms with Crippen LogP contribution in [0.2, 0.25) is 0 Å². The fraction of sp³-hybridized carbons (Fsp3) is 0.263. The number of amides is 1. The number of aromatic nitrogens is 2. The number of hydrogen-bond donors (Lipinski definition) is 2. The minimum Gasteiger partial charge on any atom is -0.458 e. The number of nitrogens with zero attached hydrogens (tertiary/aromatic N) is 3. The van der Waals surface area contributed by atoms with E-state index in [9.17, 15) is 4.79 Å². The van der Waals surface area contributed by atoms with Crippen molar-refractivity contribution in [1.29, 1.82) is 0 Å². The first kappa shape index (κ1) is 17.6. The van der Waals surface area contributed by atoms with Gasteiger partial charge in [-0.15, -0.1) is 0 Å². The number of anilines is 1.